The van der Waals surface area contributed by atoms with Crippen LogP contribution in [0.5, 0.6) is 0 Å². The fraction of sp³-hybridized carbons (Fsp3) is 0.0556. The maximum Gasteiger partial charge on any atom is 0.325 e. The van der Waals surface area contributed by atoms with Crippen LogP contribution in [0.1, 0.15) is 10.6 Å². The number of aromatic nitrogens is 3. The zero-order valence-electron chi connectivity index (χ0n) is 13.0. The van der Waals surface area contributed by atoms with Gasteiger partial charge in [-0.25, -0.2) is 0 Å². The maximum absolute atomic E-state index is 13.0. The number of nitrogens with zero attached hydrogens (tertiary/aromatic N) is 4. The average Bonchev–Trinajstić information content (AvgIpc) is 3.23. The van der Waals surface area contributed by atoms with Crippen molar-refractivity contribution in [2.75, 3.05) is 11.9 Å². The zero-order chi connectivity index (χ0) is 16.5. The minimum absolute atomic E-state index is 0.211. The van der Waals surface area contributed by atoms with E-state index in [2.05, 4.69) is 10.1 Å². The van der Waals surface area contributed by atoms with Gasteiger partial charge in [-0.05, 0) is 12.1 Å². The molecule has 4 rings (SSSR count). The molecule has 2 heterocycles. The normalized spacial score (nSPS) is 10.9. The van der Waals surface area contributed by atoms with Gasteiger partial charge in [-0.15, -0.1) is 0 Å². The average molecular weight is 318 g/mol. The van der Waals surface area contributed by atoms with E-state index in [0.29, 0.717) is 11.5 Å². The fourth-order valence-corrected chi connectivity index (χ4v) is 2.61. The van der Waals surface area contributed by atoms with E-state index in [1.165, 1.54) is 6.33 Å². The van der Waals surface area contributed by atoms with E-state index < -0.39 is 0 Å². The molecule has 0 saturated carbocycles. The van der Waals surface area contributed by atoms with Crippen molar-refractivity contribution in [1.29, 1.82) is 0 Å². The second-order valence-electron chi connectivity index (χ2n) is 5.30. The lowest BCUT2D eigenvalue weighted by Crippen LogP contribution is -2.26. The largest absolute Gasteiger partial charge is 0.416 e. The number of hydrogen-bond donors (Lipinski definition) is 0. The summed E-state index contributed by atoms with van der Waals surface area (Å²) in [5, 5.41) is 4.17. The monoisotopic (exact) mass is 318 g/mol. The summed E-state index contributed by atoms with van der Waals surface area (Å²) in [6.07, 6.45) is 1.40. The van der Waals surface area contributed by atoms with Crippen molar-refractivity contribution in [3.63, 3.8) is 0 Å². The number of para-hydroxylation sites is 1. The third-order valence-electron chi connectivity index (χ3n) is 3.83. The van der Waals surface area contributed by atoms with Crippen LogP contribution in [-0.2, 0) is 0 Å². The third-order valence-corrected chi connectivity index (χ3v) is 3.83. The van der Waals surface area contributed by atoms with Gasteiger partial charge in [-0.3, -0.25) is 4.79 Å². The van der Waals surface area contributed by atoms with Gasteiger partial charge >= 0.3 is 5.84 Å². The Labute approximate surface area is 138 Å². The number of fused-ring (bicyclic) bond motifs is 1. The van der Waals surface area contributed by atoms with E-state index >= 15 is 0 Å². The van der Waals surface area contributed by atoms with Crippen LogP contribution < -0.4 is 4.90 Å². The minimum Gasteiger partial charge on any atom is -0.416 e. The van der Waals surface area contributed by atoms with Gasteiger partial charge in [0.2, 0.25) is 5.76 Å². The molecule has 118 valence electrons. The molecule has 6 heteroatoms. The van der Waals surface area contributed by atoms with Crippen LogP contribution in [0.25, 0.3) is 17.1 Å². The highest BCUT2D eigenvalue weighted by Crippen LogP contribution is 2.28. The van der Waals surface area contributed by atoms with Crippen molar-refractivity contribution in [2.24, 2.45) is 0 Å². The van der Waals surface area contributed by atoms with Crippen LogP contribution in [0.3, 0.4) is 0 Å². The Balaban J connectivity index is 1.85. The molecular formula is C18H14N4O2. The van der Waals surface area contributed by atoms with E-state index in [9.17, 15) is 4.79 Å². The first-order chi connectivity index (χ1) is 11.8. The highest BCUT2D eigenvalue weighted by molar-refractivity contribution is 6.07. The fourth-order valence-electron chi connectivity index (χ4n) is 2.61. The Hall–Kier alpha value is -3.41. The smallest absolute Gasteiger partial charge is 0.325 e. The molecule has 2 aromatic heterocycles. The molecule has 0 aliphatic carbocycles. The van der Waals surface area contributed by atoms with Crippen LogP contribution in [0, 0.1) is 0 Å². The Kier molecular flexibility index (Phi) is 3.35. The van der Waals surface area contributed by atoms with Gasteiger partial charge in [0.15, 0.2) is 0 Å². The van der Waals surface area contributed by atoms with E-state index in [1.807, 2.05) is 60.7 Å². The van der Waals surface area contributed by atoms with Crippen LogP contribution in [0.2, 0.25) is 0 Å². The van der Waals surface area contributed by atoms with Crippen molar-refractivity contribution < 1.29 is 9.21 Å². The molecule has 0 radical (unpaired) electrons. The molecule has 2 aromatic carbocycles. The predicted molar refractivity (Wildman–Crippen MR) is 89.9 cm³/mol. The number of carbonyl (C=O) groups is 1. The Bertz CT molecular complexity index is 990. The summed E-state index contributed by atoms with van der Waals surface area (Å²) in [5.41, 5.74) is 2.21. The summed E-state index contributed by atoms with van der Waals surface area (Å²) in [6, 6.07) is 18.9. The highest BCUT2D eigenvalue weighted by atomic mass is 16.4. The number of benzene rings is 2. The first-order valence-corrected chi connectivity index (χ1v) is 7.47. The number of oxazole rings is 1. The van der Waals surface area contributed by atoms with Gasteiger partial charge in [0, 0.05) is 18.3 Å². The minimum atomic E-state index is -0.257. The lowest BCUT2D eigenvalue weighted by Gasteiger charge is -2.16. The summed E-state index contributed by atoms with van der Waals surface area (Å²) in [5.74, 6) is 0.245. The summed E-state index contributed by atoms with van der Waals surface area (Å²) < 4.78 is 7.24. The van der Waals surface area contributed by atoms with Crippen molar-refractivity contribution in [2.45, 2.75) is 0 Å². The molecule has 4 aromatic rings. The van der Waals surface area contributed by atoms with Crippen LogP contribution in [-0.4, -0.2) is 27.6 Å². The molecule has 0 aliphatic rings. The molecule has 24 heavy (non-hydrogen) atoms. The molecule has 0 atom stereocenters. The number of rotatable bonds is 3. The molecule has 0 unspecified atom stereocenters. The molecule has 0 spiro atoms. The van der Waals surface area contributed by atoms with Gasteiger partial charge in [0.05, 0.1) is 0 Å². The van der Waals surface area contributed by atoms with E-state index in [0.717, 1.165) is 11.3 Å². The van der Waals surface area contributed by atoms with Crippen molar-refractivity contribution >= 4 is 17.4 Å². The van der Waals surface area contributed by atoms with E-state index in [-0.39, 0.29) is 11.7 Å². The number of hydrogen-bond acceptors (Lipinski definition) is 4. The molecule has 0 fully saturated rings. The topological polar surface area (TPSA) is 63.6 Å². The third kappa shape index (κ3) is 2.25. The molecule has 0 N–H and O–H groups in total. The number of amides is 1. The first kappa shape index (κ1) is 14.2. The quantitative estimate of drug-likeness (QED) is 0.581. The summed E-state index contributed by atoms with van der Waals surface area (Å²) in [7, 11) is 1.71. The van der Waals surface area contributed by atoms with Gasteiger partial charge < -0.3 is 9.32 Å². The first-order valence-electron chi connectivity index (χ1n) is 7.47. The van der Waals surface area contributed by atoms with E-state index in [4.69, 9.17) is 4.42 Å². The molecule has 0 saturated heterocycles. The maximum atomic E-state index is 13.0. The van der Waals surface area contributed by atoms with Crippen molar-refractivity contribution in [3.8, 4) is 11.3 Å². The lowest BCUT2D eigenvalue weighted by atomic mass is 10.1. The molecular weight excluding hydrogens is 304 g/mol. The van der Waals surface area contributed by atoms with Crippen LogP contribution >= 0.6 is 0 Å². The summed E-state index contributed by atoms with van der Waals surface area (Å²) in [6.45, 7) is 0. The van der Waals surface area contributed by atoms with Gasteiger partial charge in [0.1, 0.15) is 12.0 Å². The van der Waals surface area contributed by atoms with Crippen LogP contribution in [0.15, 0.2) is 71.4 Å². The van der Waals surface area contributed by atoms with Crippen molar-refractivity contribution in [1.82, 2.24) is 14.6 Å². The molecule has 0 aliphatic heterocycles. The standard InChI is InChI=1S/C18H14N4O2/c1-21(14-10-6-3-7-11-14)17(23)16-15(13-8-4-2-5-9-13)22-18(24-16)19-12-20-22/h2-12H,1H3. The second-order valence-corrected chi connectivity index (χ2v) is 5.30. The Morgan fingerprint density at radius 2 is 1.71 bits per heavy atom. The summed E-state index contributed by atoms with van der Waals surface area (Å²) >= 11 is 0. The zero-order valence-corrected chi connectivity index (χ0v) is 13.0. The highest BCUT2D eigenvalue weighted by Gasteiger charge is 2.26. The number of anilines is 1. The lowest BCUT2D eigenvalue weighted by molar-refractivity contribution is 0.0969. The summed E-state index contributed by atoms with van der Waals surface area (Å²) in [4.78, 5) is 18.6. The van der Waals surface area contributed by atoms with Crippen molar-refractivity contribution in [3.05, 3.63) is 72.8 Å². The van der Waals surface area contributed by atoms with Gasteiger partial charge in [0.25, 0.3) is 5.91 Å². The molecule has 6 nitrogen and oxygen atoms in total. The second kappa shape index (κ2) is 5.66. The Morgan fingerprint density at radius 3 is 2.42 bits per heavy atom. The predicted octanol–water partition coefficient (Wildman–Crippen LogP) is 3.27. The Morgan fingerprint density at radius 1 is 1.04 bits per heavy atom. The van der Waals surface area contributed by atoms with Gasteiger partial charge in [-0.2, -0.15) is 14.6 Å². The molecule has 1 amide bonds. The number of carbonyl (C=O) groups excluding carboxylic acids is 1. The SMILES string of the molecule is CN(C(=O)c1oc2ncnn2c1-c1ccccc1)c1ccccc1. The van der Waals surface area contributed by atoms with E-state index in [1.54, 1.807) is 16.5 Å². The van der Waals surface area contributed by atoms with Gasteiger partial charge in [-0.1, -0.05) is 48.5 Å². The van der Waals surface area contributed by atoms with Crippen LogP contribution in [0.4, 0.5) is 5.69 Å². The molecule has 0 bridgehead atoms.